The molecular weight excluding hydrogens is 278 g/mol. The Labute approximate surface area is 129 Å². The molecule has 2 aromatic rings. The molecule has 0 radical (unpaired) electrons. The van der Waals surface area contributed by atoms with Gasteiger partial charge in [-0.15, -0.1) is 0 Å². The molecule has 1 N–H and O–H groups in total. The highest BCUT2D eigenvalue weighted by molar-refractivity contribution is 5.79. The van der Waals surface area contributed by atoms with Crippen LogP contribution in [0.4, 0.5) is 0 Å². The highest BCUT2D eigenvalue weighted by Crippen LogP contribution is 2.17. The molecule has 1 aromatic heterocycles. The molecule has 0 atom stereocenters. The molecule has 3 rings (SSSR count). The van der Waals surface area contributed by atoms with Crippen molar-refractivity contribution in [3.05, 3.63) is 40.7 Å². The SMILES string of the molecule is O=C(CCn1ncc(=O)c2ccccc21)NC1CCCCC1. The summed E-state index contributed by atoms with van der Waals surface area (Å²) >= 11 is 0. The van der Waals surface area contributed by atoms with Crippen molar-refractivity contribution in [3.8, 4) is 0 Å². The number of aromatic nitrogens is 2. The van der Waals surface area contributed by atoms with Crippen molar-refractivity contribution in [1.29, 1.82) is 0 Å². The Morgan fingerprint density at radius 2 is 2.00 bits per heavy atom. The molecule has 0 saturated heterocycles. The van der Waals surface area contributed by atoms with E-state index in [1.165, 1.54) is 25.5 Å². The predicted molar refractivity (Wildman–Crippen MR) is 85.6 cm³/mol. The summed E-state index contributed by atoms with van der Waals surface area (Å²) in [4.78, 5) is 23.9. The number of nitrogens with one attached hydrogen (secondary N) is 1. The van der Waals surface area contributed by atoms with Crippen LogP contribution in [-0.4, -0.2) is 21.7 Å². The molecule has 5 nitrogen and oxygen atoms in total. The van der Waals surface area contributed by atoms with Gasteiger partial charge in [0.1, 0.15) is 0 Å². The number of amides is 1. The lowest BCUT2D eigenvalue weighted by molar-refractivity contribution is -0.122. The van der Waals surface area contributed by atoms with E-state index in [2.05, 4.69) is 10.4 Å². The van der Waals surface area contributed by atoms with Crippen molar-refractivity contribution >= 4 is 16.8 Å². The van der Waals surface area contributed by atoms with Crippen molar-refractivity contribution in [2.24, 2.45) is 0 Å². The van der Waals surface area contributed by atoms with Gasteiger partial charge in [0, 0.05) is 17.8 Å². The number of para-hydroxylation sites is 1. The first kappa shape index (κ1) is 14.8. The first-order valence-corrected chi connectivity index (χ1v) is 7.98. The molecule has 1 heterocycles. The number of fused-ring (bicyclic) bond motifs is 1. The fourth-order valence-corrected chi connectivity index (χ4v) is 3.09. The van der Waals surface area contributed by atoms with Crippen LogP contribution in [0.25, 0.3) is 10.9 Å². The van der Waals surface area contributed by atoms with Gasteiger partial charge in [0.25, 0.3) is 0 Å². The van der Waals surface area contributed by atoms with E-state index < -0.39 is 0 Å². The van der Waals surface area contributed by atoms with Gasteiger partial charge < -0.3 is 5.32 Å². The van der Waals surface area contributed by atoms with Crippen LogP contribution in [0.15, 0.2) is 35.3 Å². The molecule has 1 saturated carbocycles. The normalized spacial score (nSPS) is 15.8. The van der Waals surface area contributed by atoms with Crippen LogP contribution in [0, 0.1) is 0 Å². The zero-order valence-corrected chi connectivity index (χ0v) is 12.6. The third kappa shape index (κ3) is 3.35. The maximum atomic E-state index is 12.1. The number of benzene rings is 1. The van der Waals surface area contributed by atoms with Crippen LogP contribution in [0.2, 0.25) is 0 Å². The molecule has 0 spiro atoms. The van der Waals surface area contributed by atoms with Crippen molar-refractivity contribution in [1.82, 2.24) is 15.1 Å². The Morgan fingerprint density at radius 1 is 1.23 bits per heavy atom. The third-order valence-corrected chi connectivity index (χ3v) is 4.28. The van der Waals surface area contributed by atoms with Crippen LogP contribution in [0.1, 0.15) is 38.5 Å². The Hall–Kier alpha value is -2.17. The second kappa shape index (κ2) is 6.73. The monoisotopic (exact) mass is 299 g/mol. The van der Waals surface area contributed by atoms with E-state index in [4.69, 9.17) is 0 Å². The first-order chi connectivity index (χ1) is 10.7. The van der Waals surface area contributed by atoms with Gasteiger partial charge in [0.2, 0.25) is 11.3 Å². The van der Waals surface area contributed by atoms with Gasteiger partial charge in [-0.2, -0.15) is 5.10 Å². The van der Waals surface area contributed by atoms with Crippen molar-refractivity contribution in [2.75, 3.05) is 0 Å². The van der Waals surface area contributed by atoms with Crippen LogP contribution in [-0.2, 0) is 11.3 Å². The first-order valence-electron chi connectivity index (χ1n) is 7.98. The maximum Gasteiger partial charge on any atom is 0.222 e. The van der Waals surface area contributed by atoms with Crippen molar-refractivity contribution in [2.45, 2.75) is 51.1 Å². The van der Waals surface area contributed by atoms with Gasteiger partial charge in [-0.05, 0) is 25.0 Å². The summed E-state index contributed by atoms with van der Waals surface area (Å²) in [5.74, 6) is 0.0662. The molecule has 116 valence electrons. The average molecular weight is 299 g/mol. The number of hydrogen-bond acceptors (Lipinski definition) is 3. The summed E-state index contributed by atoms with van der Waals surface area (Å²) in [6.07, 6.45) is 7.57. The highest BCUT2D eigenvalue weighted by Gasteiger charge is 2.15. The molecule has 1 amide bonds. The van der Waals surface area contributed by atoms with Crippen LogP contribution in [0.3, 0.4) is 0 Å². The number of nitrogens with zero attached hydrogens (tertiary/aromatic N) is 2. The molecule has 1 aromatic carbocycles. The largest absolute Gasteiger partial charge is 0.353 e. The van der Waals surface area contributed by atoms with E-state index in [9.17, 15) is 9.59 Å². The fraction of sp³-hybridized carbons (Fsp3) is 0.471. The molecule has 22 heavy (non-hydrogen) atoms. The van der Waals surface area contributed by atoms with Gasteiger partial charge >= 0.3 is 0 Å². The standard InChI is InChI=1S/C17H21N3O2/c21-16-12-18-20(15-9-5-4-8-14(15)16)11-10-17(22)19-13-6-2-1-3-7-13/h4-5,8-9,12-13H,1-3,6-7,10-11H2,(H,19,22). The summed E-state index contributed by atoms with van der Waals surface area (Å²) in [7, 11) is 0. The molecule has 0 unspecified atom stereocenters. The second-order valence-electron chi connectivity index (χ2n) is 5.90. The number of carbonyl (C=O) groups is 1. The lowest BCUT2D eigenvalue weighted by Gasteiger charge is -2.22. The Morgan fingerprint density at radius 3 is 2.82 bits per heavy atom. The summed E-state index contributed by atoms with van der Waals surface area (Å²) in [6, 6.07) is 7.70. The smallest absolute Gasteiger partial charge is 0.222 e. The number of carbonyl (C=O) groups excluding carboxylic acids is 1. The molecule has 0 bridgehead atoms. The fourth-order valence-electron chi connectivity index (χ4n) is 3.09. The lowest BCUT2D eigenvalue weighted by atomic mass is 9.95. The summed E-state index contributed by atoms with van der Waals surface area (Å²) in [5, 5.41) is 7.90. The van der Waals surface area contributed by atoms with E-state index in [0.29, 0.717) is 24.4 Å². The quantitative estimate of drug-likeness (QED) is 0.941. The van der Waals surface area contributed by atoms with Crippen LogP contribution in [0.5, 0.6) is 0 Å². The third-order valence-electron chi connectivity index (χ3n) is 4.28. The van der Waals surface area contributed by atoms with E-state index in [1.807, 2.05) is 18.2 Å². The molecule has 1 aliphatic rings. The van der Waals surface area contributed by atoms with E-state index in [0.717, 1.165) is 18.4 Å². The Kier molecular flexibility index (Phi) is 4.51. The second-order valence-corrected chi connectivity index (χ2v) is 5.90. The Balaban J connectivity index is 1.65. The van der Waals surface area contributed by atoms with Gasteiger partial charge in [-0.3, -0.25) is 14.3 Å². The van der Waals surface area contributed by atoms with E-state index in [-0.39, 0.29) is 11.3 Å². The van der Waals surface area contributed by atoms with Crippen molar-refractivity contribution < 1.29 is 4.79 Å². The maximum absolute atomic E-state index is 12.1. The van der Waals surface area contributed by atoms with Gasteiger partial charge in [-0.25, -0.2) is 0 Å². The van der Waals surface area contributed by atoms with E-state index >= 15 is 0 Å². The number of aryl methyl sites for hydroxylation is 1. The number of hydrogen-bond donors (Lipinski definition) is 1. The minimum absolute atomic E-state index is 0.0662. The topological polar surface area (TPSA) is 64.0 Å². The highest BCUT2D eigenvalue weighted by atomic mass is 16.1. The zero-order valence-electron chi connectivity index (χ0n) is 12.6. The average Bonchev–Trinajstić information content (AvgIpc) is 2.55. The van der Waals surface area contributed by atoms with E-state index in [1.54, 1.807) is 10.7 Å². The molecule has 5 heteroatoms. The van der Waals surface area contributed by atoms with Gasteiger partial charge in [0.15, 0.2) is 0 Å². The zero-order chi connectivity index (χ0) is 15.4. The minimum Gasteiger partial charge on any atom is -0.353 e. The van der Waals surface area contributed by atoms with Crippen molar-refractivity contribution in [3.63, 3.8) is 0 Å². The molecular formula is C17H21N3O2. The lowest BCUT2D eigenvalue weighted by Crippen LogP contribution is -2.36. The van der Waals surface area contributed by atoms with Crippen LogP contribution < -0.4 is 10.7 Å². The summed E-state index contributed by atoms with van der Waals surface area (Å²) in [5.41, 5.74) is 0.693. The van der Waals surface area contributed by atoms with Crippen LogP contribution >= 0.6 is 0 Å². The summed E-state index contributed by atoms with van der Waals surface area (Å²) in [6.45, 7) is 0.485. The van der Waals surface area contributed by atoms with Gasteiger partial charge in [-0.1, -0.05) is 31.4 Å². The Bertz CT molecular complexity index is 717. The molecule has 1 aliphatic carbocycles. The molecule has 1 fully saturated rings. The number of rotatable bonds is 4. The summed E-state index contributed by atoms with van der Waals surface area (Å²) < 4.78 is 1.73. The predicted octanol–water partition coefficient (Wildman–Crippen LogP) is 2.24. The molecule has 0 aliphatic heterocycles. The van der Waals surface area contributed by atoms with Gasteiger partial charge in [0.05, 0.1) is 18.3 Å². The minimum atomic E-state index is -0.0847.